The van der Waals surface area contributed by atoms with E-state index >= 15 is 0 Å². The minimum absolute atomic E-state index is 0.139. The number of nitrogens with zero attached hydrogens (tertiary/aromatic N) is 2. The molecular weight excluding hydrogens is 373 g/mol. The third-order valence-electron chi connectivity index (χ3n) is 4.95. The molecule has 0 spiro atoms. The fourth-order valence-electron chi connectivity index (χ4n) is 3.45. The van der Waals surface area contributed by atoms with E-state index in [1.807, 2.05) is 35.9 Å². The smallest absolute Gasteiger partial charge is 0.288 e. The summed E-state index contributed by atoms with van der Waals surface area (Å²) in [6.45, 7) is 1.74. The van der Waals surface area contributed by atoms with E-state index in [1.54, 1.807) is 26.4 Å². The average molecular weight is 393 g/mol. The van der Waals surface area contributed by atoms with Crippen LogP contribution in [0, 0.1) is 12.7 Å². The maximum absolute atomic E-state index is 13.6. The van der Waals surface area contributed by atoms with Gasteiger partial charge in [-0.3, -0.25) is 4.79 Å². The van der Waals surface area contributed by atoms with Gasteiger partial charge in [0.05, 0.1) is 7.11 Å². The van der Waals surface area contributed by atoms with Crippen LogP contribution in [0.15, 0.2) is 59.3 Å². The van der Waals surface area contributed by atoms with Gasteiger partial charge in [-0.1, -0.05) is 18.2 Å². The van der Waals surface area contributed by atoms with E-state index in [2.05, 4.69) is 10.3 Å². The molecule has 0 radical (unpaired) electrons. The van der Waals surface area contributed by atoms with Crippen molar-refractivity contribution in [2.75, 3.05) is 7.11 Å². The van der Waals surface area contributed by atoms with Gasteiger partial charge in [0.2, 0.25) is 0 Å². The molecule has 2 heterocycles. The van der Waals surface area contributed by atoms with E-state index in [4.69, 9.17) is 9.15 Å². The fraction of sp³-hybridized carbons (Fsp3) is 0.182. The molecule has 0 bridgehead atoms. The van der Waals surface area contributed by atoms with Crippen molar-refractivity contribution in [1.29, 1.82) is 0 Å². The molecule has 0 saturated carbocycles. The molecule has 0 saturated heterocycles. The van der Waals surface area contributed by atoms with Crippen molar-refractivity contribution in [2.45, 2.75) is 13.0 Å². The molecule has 1 atom stereocenters. The molecule has 1 amide bonds. The maximum Gasteiger partial charge on any atom is 0.288 e. The number of fused-ring (bicyclic) bond motifs is 1. The number of nitrogens with one attached hydrogen (secondary N) is 1. The van der Waals surface area contributed by atoms with Gasteiger partial charge in [-0.2, -0.15) is 0 Å². The first-order chi connectivity index (χ1) is 14.0. The zero-order valence-corrected chi connectivity index (χ0v) is 16.3. The number of methoxy groups -OCH3 is 1. The van der Waals surface area contributed by atoms with Crippen LogP contribution in [0.25, 0.3) is 11.0 Å². The van der Waals surface area contributed by atoms with E-state index in [0.717, 1.165) is 5.56 Å². The van der Waals surface area contributed by atoms with Gasteiger partial charge >= 0.3 is 0 Å². The number of aromatic nitrogens is 2. The van der Waals surface area contributed by atoms with E-state index in [0.29, 0.717) is 28.1 Å². The number of ether oxygens (including phenoxy) is 1. The van der Waals surface area contributed by atoms with Crippen LogP contribution in [0.5, 0.6) is 5.75 Å². The van der Waals surface area contributed by atoms with Crippen molar-refractivity contribution in [3.63, 3.8) is 0 Å². The third kappa shape index (κ3) is 3.35. The summed E-state index contributed by atoms with van der Waals surface area (Å²) in [5.74, 6) is 0.609. The summed E-state index contributed by atoms with van der Waals surface area (Å²) in [6.07, 6.45) is 3.47. The lowest BCUT2D eigenvalue weighted by atomic mass is 10.0. The summed E-state index contributed by atoms with van der Waals surface area (Å²) < 4.78 is 26.6. The number of hydrogen-bond acceptors (Lipinski definition) is 4. The van der Waals surface area contributed by atoms with Gasteiger partial charge < -0.3 is 19.0 Å². The Balaban J connectivity index is 1.76. The quantitative estimate of drug-likeness (QED) is 0.553. The molecule has 0 aliphatic carbocycles. The predicted octanol–water partition coefficient (Wildman–Crippen LogP) is 4.14. The largest absolute Gasteiger partial charge is 0.496 e. The SMILES string of the molecule is COc1ccccc1C(NC(=O)c1oc2ccc(F)cc2c1C)c1nccn1C. The summed E-state index contributed by atoms with van der Waals surface area (Å²) in [4.78, 5) is 17.5. The summed E-state index contributed by atoms with van der Waals surface area (Å²) >= 11 is 0. The Bertz CT molecular complexity index is 1200. The molecular formula is C22H20FN3O3. The first-order valence-electron chi connectivity index (χ1n) is 9.09. The molecule has 2 aromatic heterocycles. The number of imidazole rings is 1. The molecule has 148 valence electrons. The van der Waals surface area contributed by atoms with Crippen molar-refractivity contribution in [2.24, 2.45) is 7.05 Å². The highest BCUT2D eigenvalue weighted by molar-refractivity contribution is 5.99. The van der Waals surface area contributed by atoms with Gasteiger partial charge in [0.1, 0.15) is 29.0 Å². The molecule has 2 aromatic carbocycles. The van der Waals surface area contributed by atoms with Gasteiger partial charge in [0, 0.05) is 36.0 Å². The lowest BCUT2D eigenvalue weighted by Crippen LogP contribution is -2.31. The van der Waals surface area contributed by atoms with Crippen LogP contribution in [0.2, 0.25) is 0 Å². The molecule has 0 aliphatic rings. The second kappa shape index (κ2) is 7.43. The van der Waals surface area contributed by atoms with Crippen molar-refractivity contribution in [3.8, 4) is 5.75 Å². The first-order valence-corrected chi connectivity index (χ1v) is 9.09. The fourth-order valence-corrected chi connectivity index (χ4v) is 3.45. The standard InChI is InChI=1S/C22H20FN3O3/c1-13-16-12-14(23)8-9-18(16)29-20(13)22(27)25-19(21-24-10-11-26(21)2)15-6-4-5-7-17(15)28-3/h4-12,19H,1-3H3,(H,25,27). The minimum Gasteiger partial charge on any atom is -0.496 e. The van der Waals surface area contributed by atoms with Gasteiger partial charge in [-0.15, -0.1) is 0 Å². The number of aryl methyl sites for hydroxylation is 2. The van der Waals surface area contributed by atoms with Crippen LogP contribution in [0.3, 0.4) is 0 Å². The van der Waals surface area contributed by atoms with Crippen molar-refractivity contribution in [3.05, 3.63) is 83.4 Å². The molecule has 29 heavy (non-hydrogen) atoms. The number of carbonyl (C=O) groups excluding carboxylic acids is 1. The summed E-state index contributed by atoms with van der Waals surface area (Å²) in [5, 5.41) is 3.56. The predicted molar refractivity (Wildman–Crippen MR) is 106 cm³/mol. The van der Waals surface area contributed by atoms with Crippen molar-refractivity contribution < 1.29 is 18.3 Å². The second-order valence-corrected chi connectivity index (χ2v) is 6.74. The summed E-state index contributed by atoms with van der Waals surface area (Å²) in [6, 6.07) is 11.0. The number of amides is 1. The monoisotopic (exact) mass is 393 g/mol. The lowest BCUT2D eigenvalue weighted by molar-refractivity contribution is 0.0914. The van der Waals surface area contributed by atoms with Crippen molar-refractivity contribution >= 4 is 16.9 Å². The highest BCUT2D eigenvalue weighted by Crippen LogP contribution is 2.31. The normalized spacial score (nSPS) is 12.1. The van der Waals surface area contributed by atoms with Crippen LogP contribution in [-0.2, 0) is 7.05 Å². The topological polar surface area (TPSA) is 69.3 Å². The number of carbonyl (C=O) groups is 1. The van der Waals surface area contributed by atoms with Gasteiger partial charge in [0.15, 0.2) is 5.76 Å². The number of furan rings is 1. The van der Waals surface area contributed by atoms with Crippen LogP contribution in [-0.4, -0.2) is 22.6 Å². The highest BCUT2D eigenvalue weighted by atomic mass is 19.1. The molecule has 0 fully saturated rings. The minimum atomic E-state index is -0.567. The number of halogens is 1. The van der Waals surface area contributed by atoms with Crippen LogP contribution >= 0.6 is 0 Å². The van der Waals surface area contributed by atoms with E-state index < -0.39 is 11.9 Å². The van der Waals surface area contributed by atoms with Gasteiger partial charge in [-0.05, 0) is 31.2 Å². The number of hydrogen-bond donors (Lipinski definition) is 1. The Morgan fingerprint density at radius 1 is 1.28 bits per heavy atom. The van der Waals surface area contributed by atoms with E-state index in [-0.39, 0.29) is 11.6 Å². The number of benzene rings is 2. The second-order valence-electron chi connectivity index (χ2n) is 6.74. The highest BCUT2D eigenvalue weighted by Gasteiger charge is 2.27. The molecule has 1 unspecified atom stereocenters. The van der Waals surface area contributed by atoms with Crippen LogP contribution in [0.1, 0.15) is 33.5 Å². The Labute approximate surface area is 166 Å². The molecule has 7 heteroatoms. The lowest BCUT2D eigenvalue weighted by Gasteiger charge is -2.21. The van der Waals surface area contributed by atoms with Gasteiger partial charge in [-0.25, -0.2) is 9.37 Å². The number of para-hydroxylation sites is 1. The Hall–Kier alpha value is -3.61. The van der Waals surface area contributed by atoms with Crippen molar-refractivity contribution in [1.82, 2.24) is 14.9 Å². The Kier molecular flexibility index (Phi) is 4.80. The Morgan fingerprint density at radius 3 is 2.79 bits per heavy atom. The Morgan fingerprint density at radius 2 is 2.07 bits per heavy atom. The summed E-state index contributed by atoms with van der Waals surface area (Å²) in [5.41, 5.74) is 1.80. The first kappa shape index (κ1) is 18.7. The molecule has 1 N–H and O–H groups in total. The third-order valence-corrected chi connectivity index (χ3v) is 4.95. The zero-order valence-electron chi connectivity index (χ0n) is 16.3. The average Bonchev–Trinajstić information content (AvgIpc) is 3.29. The summed E-state index contributed by atoms with van der Waals surface area (Å²) in [7, 11) is 3.43. The molecule has 0 aliphatic heterocycles. The van der Waals surface area contributed by atoms with E-state index in [1.165, 1.54) is 18.2 Å². The van der Waals surface area contributed by atoms with E-state index in [9.17, 15) is 9.18 Å². The zero-order chi connectivity index (χ0) is 20.5. The molecule has 4 rings (SSSR count). The maximum atomic E-state index is 13.6. The number of rotatable bonds is 5. The molecule has 4 aromatic rings. The van der Waals surface area contributed by atoms with Crippen LogP contribution < -0.4 is 10.1 Å². The molecule has 6 nitrogen and oxygen atoms in total. The van der Waals surface area contributed by atoms with Crippen LogP contribution in [0.4, 0.5) is 4.39 Å². The van der Waals surface area contributed by atoms with Gasteiger partial charge in [0.25, 0.3) is 5.91 Å².